The molecule has 1 atom stereocenters. The van der Waals surface area contributed by atoms with Crippen LogP contribution in [0.4, 0.5) is 9.18 Å². The van der Waals surface area contributed by atoms with Crippen LogP contribution < -0.4 is 5.32 Å². The van der Waals surface area contributed by atoms with E-state index in [0.29, 0.717) is 4.43 Å². The van der Waals surface area contributed by atoms with Crippen LogP contribution in [0.3, 0.4) is 0 Å². The van der Waals surface area contributed by atoms with E-state index in [4.69, 9.17) is 4.74 Å². The summed E-state index contributed by atoms with van der Waals surface area (Å²) in [4.78, 5) is 11.0. The predicted octanol–water partition coefficient (Wildman–Crippen LogP) is 2.28. The van der Waals surface area contributed by atoms with Crippen molar-refractivity contribution < 1.29 is 13.9 Å². The van der Waals surface area contributed by atoms with Crippen LogP contribution in [0.2, 0.25) is 0 Å². The van der Waals surface area contributed by atoms with Gasteiger partial charge in [0.1, 0.15) is 11.8 Å². The zero-order chi connectivity index (χ0) is 10.5. The van der Waals surface area contributed by atoms with Crippen molar-refractivity contribution in [1.29, 1.82) is 0 Å². The zero-order valence-electron chi connectivity index (χ0n) is 8.06. The first-order chi connectivity index (χ1) is 5.85. The first-order valence-electron chi connectivity index (χ1n) is 4.02. The van der Waals surface area contributed by atoms with E-state index in [2.05, 4.69) is 5.32 Å². The monoisotopic (exact) mass is 303 g/mol. The van der Waals surface area contributed by atoms with Crippen molar-refractivity contribution in [1.82, 2.24) is 5.32 Å². The van der Waals surface area contributed by atoms with E-state index in [9.17, 15) is 9.18 Å². The Labute approximate surface area is 91.5 Å². The molecule has 0 bridgehead atoms. The minimum atomic E-state index is -1.01. The van der Waals surface area contributed by atoms with Crippen molar-refractivity contribution in [3.05, 3.63) is 0 Å². The number of carbonyl (C=O) groups is 1. The van der Waals surface area contributed by atoms with Crippen molar-refractivity contribution in [2.24, 2.45) is 0 Å². The summed E-state index contributed by atoms with van der Waals surface area (Å²) in [5.41, 5.74) is -0.528. The number of nitrogens with one attached hydrogen (secondary N) is 1. The minimum Gasteiger partial charge on any atom is -0.444 e. The third kappa shape index (κ3) is 8.27. The zero-order valence-corrected chi connectivity index (χ0v) is 10.2. The number of hydrogen-bond donors (Lipinski definition) is 1. The highest BCUT2D eigenvalue weighted by Gasteiger charge is 2.16. The highest BCUT2D eigenvalue weighted by Crippen LogP contribution is 2.06. The van der Waals surface area contributed by atoms with Gasteiger partial charge in [0.2, 0.25) is 0 Å². The van der Waals surface area contributed by atoms with E-state index in [1.807, 2.05) is 22.6 Å². The van der Waals surface area contributed by atoms with Gasteiger partial charge in [-0.15, -0.1) is 0 Å². The number of ether oxygens (including phenoxy) is 1. The molecule has 0 aliphatic rings. The molecule has 3 nitrogen and oxygen atoms in total. The van der Waals surface area contributed by atoms with Crippen LogP contribution in [0.5, 0.6) is 0 Å². The maximum Gasteiger partial charge on any atom is 0.407 e. The smallest absolute Gasteiger partial charge is 0.407 e. The number of carbonyl (C=O) groups excluding carboxylic acids is 1. The molecule has 1 unspecified atom stereocenters. The van der Waals surface area contributed by atoms with Gasteiger partial charge in [-0.25, -0.2) is 9.18 Å². The number of alkyl halides is 2. The van der Waals surface area contributed by atoms with Crippen LogP contribution in [-0.4, -0.2) is 28.8 Å². The minimum absolute atomic E-state index is 0.0118. The van der Waals surface area contributed by atoms with Gasteiger partial charge in [-0.3, -0.25) is 0 Å². The molecule has 0 aliphatic heterocycles. The van der Waals surface area contributed by atoms with Gasteiger partial charge in [0.25, 0.3) is 0 Å². The van der Waals surface area contributed by atoms with E-state index >= 15 is 0 Å². The number of alkyl carbamates (subject to hydrolysis) is 1. The molecule has 1 amide bonds. The normalized spacial score (nSPS) is 13.6. The van der Waals surface area contributed by atoms with Crippen molar-refractivity contribution in [2.75, 3.05) is 11.0 Å². The Balaban J connectivity index is 3.64. The summed E-state index contributed by atoms with van der Waals surface area (Å²) < 4.78 is 17.9. The molecule has 0 aromatic heterocycles. The number of rotatable bonds is 3. The summed E-state index contributed by atoms with van der Waals surface area (Å²) in [6.45, 7) is 5.30. The second-order valence-corrected chi connectivity index (χ2v) is 4.52. The second kappa shape index (κ2) is 5.62. The van der Waals surface area contributed by atoms with Crippen LogP contribution >= 0.6 is 22.6 Å². The number of hydrogen-bond acceptors (Lipinski definition) is 2. The Morgan fingerprint density at radius 3 is 2.54 bits per heavy atom. The average Bonchev–Trinajstić information content (AvgIpc) is 1.97. The molecule has 0 heterocycles. The lowest BCUT2D eigenvalue weighted by Crippen LogP contribution is -2.36. The van der Waals surface area contributed by atoms with E-state index in [1.54, 1.807) is 20.8 Å². The van der Waals surface area contributed by atoms with E-state index in [0.717, 1.165) is 0 Å². The molecule has 0 saturated heterocycles. The summed E-state index contributed by atoms with van der Waals surface area (Å²) in [5, 5.41) is 2.35. The van der Waals surface area contributed by atoms with Gasteiger partial charge in [0.15, 0.2) is 0 Å². The lowest BCUT2D eigenvalue weighted by Gasteiger charge is -2.19. The fourth-order valence-corrected chi connectivity index (χ4v) is 0.874. The highest BCUT2D eigenvalue weighted by molar-refractivity contribution is 14.1. The number of amides is 1. The van der Waals surface area contributed by atoms with Crippen LogP contribution in [-0.2, 0) is 4.74 Å². The first-order valence-corrected chi connectivity index (χ1v) is 5.54. The predicted molar refractivity (Wildman–Crippen MR) is 58.0 cm³/mol. The molecule has 0 radical (unpaired) electrons. The van der Waals surface area contributed by atoms with Gasteiger partial charge >= 0.3 is 6.09 Å². The van der Waals surface area contributed by atoms with Crippen LogP contribution in [0, 0.1) is 0 Å². The average molecular weight is 303 g/mol. The van der Waals surface area contributed by atoms with Crippen molar-refractivity contribution in [3.8, 4) is 0 Å². The summed E-state index contributed by atoms with van der Waals surface area (Å²) in [6, 6.07) is 0. The molecule has 13 heavy (non-hydrogen) atoms. The Morgan fingerprint density at radius 1 is 1.62 bits per heavy atom. The van der Waals surface area contributed by atoms with Gasteiger partial charge < -0.3 is 10.1 Å². The first kappa shape index (κ1) is 12.9. The van der Waals surface area contributed by atoms with E-state index in [-0.39, 0.29) is 6.54 Å². The molecule has 0 aromatic rings. The molecular weight excluding hydrogens is 288 g/mol. The molecule has 0 saturated carbocycles. The standard InChI is InChI=1S/C8H15FINO2/c1-8(2,3)13-7(12)11-5-6(9)4-10/h6H,4-5H2,1-3H3,(H,11,12). The largest absolute Gasteiger partial charge is 0.444 e. The molecular formula is C8H15FINO2. The lowest BCUT2D eigenvalue weighted by atomic mass is 10.2. The quantitative estimate of drug-likeness (QED) is 0.642. The summed E-state index contributed by atoms with van der Waals surface area (Å²) in [6.07, 6.45) is -1.58. The van der Waals surface area contributed by atoms with E-state index < -0.39 is 17.9 Å². The molecule has 0 aromatic carbocycles. The van der Waals surface area contributed by atoms with Crippen LogP contribution in [0.15, 0.2) is 0 Å². The van der Waals surface area contributed by atoms with Crippen molar-refractivity contribution >= 4 is 28.7 Å². The third-order valence-electron chi connectivity index (χ3n) is 1.03. The second-order valence-electron chi connectivity index (χ2n) is 3.63. The van der Waals surface area contributed by atoms with Crippen molar-refractivity contribution in [2.45, 2.75) is 32.5 Å². The summed E-state index contributed by atoms with van der Waals surface area (Å²) >= 11 is 1.92. The molecule has 0 spiro atoms. The topological polar surface area (TPSA) is 38.3 Å². The fourth-order valence-electron chi connectivity index (χ4n) is 0.563. The fraction of sp³-hybridized carbons (Fsp3) is 0.875. The Kier molecular flexibility index (Phi) is 5.59. The van der Waals surface area contributed by atoms with Gasteiger partial charge in [-0.1, -0.05) is 22.6 Å². The Bertz CT molecular complexity index is 170. The van der Waals surface area contributed by atoms with Crippen LogP contribution in [0.25, 0.3) is 0 Å². The van der Waals surface area contributed by atoms with Gasteiger partial charge in [0, 0.05) is 4.43 Å². The highest BCUT2D eigenvalue weighted by atomic mass is 127. The molecule has 0 rings (SSSR count). The van der Waals surface area contributed by atoms with Gasteiger partial charge in [0.05, 0.1) is 6.54 Å². The maximum absolute atomic E-state index is 12.6. The van der Waals surface area contributed by atoms with Crippen LogP contribution in [0.1, 0.15) is 20.8 Å². The van der Waals surface area contributed by atoms with Gasteiger partial charge in [-0.2, -0.15) is 0 Å². The maximum atomic E-state index is 12.6. The molecule has 78 valence electrons. The third-order valence-corrected chi connectivity index (χ3v) is 1.99. The molecule has 1 N–H and O–H groups in total. The molecule has 0 aliphatic carbocycles. The summed E-state index contributed by atoms with van der Waals surface area (Å²) in [7, 11) is 0. The SMILES string of the molecule is CC(C)(C)OC(=O)NCC(F)CI. The van der Waals surface area contributed by atoms with Gasteiger partial charge in [-0.05, 0) is 20.8 Å². The Hall–Kier alpha value is -0.0700. The summed E-state index contributed by atoms with van der Waals surface area (Å²) in [5.74, 6) is 0. The van der Waals surface area contributed by atoms with E-state index in [1.165, 1.54) is 0 Å². The Morgan fingerprint density at radius 2 is 2.15 bits per heavy atom. The van der Waals surface area contributed by atoms with Crippen molar-refractivity contribution in [3.63, 3.8) is 0 Å². The molecule has 5 heteroatoms. The molecule has 0 fully saturated rings. The lowest BCUT2D eigenvalue weighted by molar-refractivity contribution is 0.0516. The number of halogens is 2.